The Balaban J connectivity index is 0.00000196. The van der Waals surface area contributed by atoms with Crippen molar-refractivity contribution in [1.29, 1.82) is 0 Å². The Hall–Kier alpha value is -0.860. The van der Waals surface area contributed by atoms with E-state index in [0.29, 0.717) is 12.6 Å². The maximum Gasteiger partial charge on any atom is 0.176 e. The molecule has 0 heterocycles. The number of ketones is 1. The lowest BCUT2D eigenvalue weighted by Gasteiger charge is -2.19. The van der Waals surface area contributed by atoms with Gasteiger partial charge >= 0.3 is 0 Å². The molecule has 1 rings (SSSR count). The molecule has 0 aromatic heterocycles. The van der Waals surface area contributed by atoms with Gasteiger partial charge in [0.1, 0.15) is 0 Å². The molecule has 0 aliphatic carbocycles. The van der Waals surface area contributed by atoms with Crippen molar-refractivity contribution in [2.45, 2.75) is 19.9 Å². The average Bonchev–Trinajstić information content (AvgIpc) is 2.19. The van der Waals surface area contributed by atoms with E-state index < -0.39 is 0 Å². The first kappa shape index (κ1) is 14.1. The third-order valence-electron chi connectivity index (χ3n) is 2.37. The number of nitrogens with zero attached hydrogens (tertiary/aromatic N) is 1. The molecule has 0 aliphatic heterocycles. The van der Waals surface area contributed by atoms with Crippen LogP contribution in [0, 0.1) is 0 Å². The first-order valence-corrected chi connectivity index (χ1v) is 4.89. The van der Waals surface area contributed by atoms with E-state index in [0.717, 1.165) is 5.56 Å². The highest BCUT2D eigenvalue weighted by Crippen LogP contribution is 2.02. The van der Waals surface area contributed by atoms with Crippen molar-refractivity contribution in [3.05, 3.63) is 35.9 Å². The molecule has 0 saturated carbocycles. The minimum Gasteiger partial charge on any atom is -0.296 e. The van der Waals surface area contributed by atoms with E-state index in [2.05, 4.69) is 13.8 Å². The molecule has 1 aromatic carbocycles. The van der Waals surface area contributed by atoms with Crippen LogP contribution in [0.25, 0.3) is 0 Å². The van der Waals surface area contributed by atoms with Crippen molar-refractivity contribution >= 4 is 18.2 Å². The fraction of sp³-hybridized carbons (Fsp3) is 0.417. The van der Waals surface area contributed by atoms with Crippen LogP contribution in [0.3, 0.4) is 0 Å². The molecule has 0 amide bonds. The van der Waals surface area contributed by atoms with Gasteiger partial charge in [-0.2, -0.15) is 0 Å². The van der Waals surface area contributed by atoms with Gasteiger partial charge < -0.3 is 0 Å². The van der Waals surface area contributed by atoms with Crippen molar-refractivity contribution < 1.29 is 4.79 Å². The number of rotatable bonds is 4. The summed E-state index contributed by atoms with van der Waals surface area (Å²) in [7, 11) is 1.96. The molecule has 0 saturated heterocycles. The number of hydrogen-bond acceptors (Lipinski definition) is 2. The first-order valence-electron chi connectivity index (χ1n) is 4.89. The van der Waals surface area contributed by atoms with Crippen LogP contribution in [0.4, 0.5) is 0 Å². The van der Waals surface area contributed by atoms with Crippen LogP contribution < -0.4 is 0 Å². The molecule has 0 aliphatic rings. The van der Waals surface area contributed by atoms with Gasteiger partial charge in [-0.3, -0.25) is 9.69 Å². The zero-order valence-corrected chi connectivity index (χ0v) is 10.3. The maximum atomic E-state index is 11.7. The molecule has 0 unspecified atom stereocenters. The SMILES string of the molecule is CC(C)N(C)CC(=O)c1ccccc1.Cl. The third kappa shape index (κ3) is 4.45. The maximum absolute atomic E-state index is 11.7. The van der Waals surface area contributed by atoms with Gasteiger partial charge in [0.15, 0.2) is 5.78 Å². The molecule has 0 fully saturated rings. The van der Waals surface area contributed by atoms with Crippen molar-refractivity contribution in [3.63, 3.8) is 0 Å². The number of benzene rings is 1. The molecule has 84 valence electrons. The molecule has 0 atom stereocenters. The quantitative estimate of drug-likeness (QED) is 0.738. The largest absolute Gasteiger partial charge is 0.296 e. The number of carbonyl (C=O) groups is 1. The van der Waals surface area contributed by atoms with Crippen LogP contribution in [0.1, 0.15) is 24.2 Å². The normalized spacial score (nSPS) is 10.2. The van der Waals surface area contributed by atoms with Gasteiger partial charge in [-0.05, 0) is 20.9 Å². The van der Waals surface area contributed by atoms with Gasteiger partial charge in [0, 0.05) is 11.6 Å². The standard InChI is InChI=1S/C12H17NO.ClH/c1-10(2)13(3)9-12(14)11-7-5-4-6-8-11;/h4-8,10H,9H2,1-3H3;1H. The topological polar surface area (TPSA) is 20.3 Å². The molecular formula is C12H18ClNO. The number of halogens is 1. The van der Waals surface area contributed by atoms with Crippen LogP contribution >= 0.6 is 12.4 Å². The minimum absolute atomic E-state index is 0. The highest BCUT2D eigenvalue weighted by molar-refractivity contribution is 5.97. The smallest absolute Gasteiger partial charge is 0.176 e. The molecule has 2 nitrogen and oxygen atoms in total. The fourth-order valence-corrected chi connectivity index (χ4v) is 1.12. The monoisotopic (exact) mass is 227 g/mol. The summed E-state index contributed by atoms with van der Waals surface area (Å²) in [5.41, 5.74) is 0.792. The number of Topliss-reactive ketones (excluding diaryl/α,β-unsaturated/α-hetero) is 1. The van der Waals surface area contributed by atoms with Gasteiger partial charge in [0.2, 0.25) is 0 Å². The predicted molar refractivity (Wildman–Crippen MR) is 65.8 cm³/mol. The minimum atomic E-state index is 0. The summed E-state index contributed by atoms with van der Waals surface area (Å²) >= 11 is 0. The molecule has 0 N–H and O–H groups in total. The van der Waals surface area contributed by atoms with E-state index >= 15 is 0 Å². The van der Waals surface area contributed by atoms with Gasteiger partial charge in [-0.15, -0.1) is 12.4 Å². The van der Waals surface area contributed by atoms with Gasteiger partial charge in [0.05, 0.1) is 6.54 Å². The second-order valence-corrected chi connectivity index (χ2v) is 3.80. The zero-order chi connectivity index (χ0) is 10.6. The molecule has 0 bridgehead atoms. The summed E-state index contributed by atoms with van der Waals surface area (Å²) < 4.78 is 0. The van der Waals surface area contributed by atoms with Crippen molar-refractivity contribution in [2.75, 3.05) is 13.6 Å². The van der Waals surface area contributed by atoms with Crippen LogP contribution in [0.15, 0.2) is 30.3 Å². The summed E-state index contributed by atoms with van der Waals surface area (Å²) in [6.45, 7) is 4.65. The summed E-state index contributed by atoms with van der Waals surface area (Å²) in [6.07, 6.45) is 0. The van der Waals surface area contributed by atoms with E-state index in [-0.39, 0.29) is 18.2 Å². The second kappa shape index (κ2) is 6.59. The molecule has 0 radical (unpaired) electrons. The number of hydrogen-bond donors (Lipinski definition) is 0. The summed E-state index contributed by atoms with van der Waals surface area (Å²) in [5.74, 6) is 0.182. The van der Waals surface area contributed by atoms with Gasteiger partial charge in [-0.25, -0.2) is 0 Å². The van der Waals surface area contributed by atoms with E-state index in [9.17, 15) is 4.79 Å². The van der Waals surface area contributed by atoms with Gasteiger partial charge in [0.25, 0.3) is 0 Å². The van der Waals surface area contributed by atoms with E-state index in [1.165, 1.54) is 0 Å². The Morgan fingerprint density at radius 3 is 2.27 bits per heavy atom. The average molecular weight is 228 g/mol. The lowest BCUT2D eigenvalue weighted by molar-refractivity contribution is 0.0929. The Morgan fingerprint density at radius 1 is 1.27 bits per heavy atom. The Kier molecular flexibility index (Phi) is 6.21. The Morgan fingerprint density at radius 2 is 1.80 bits per heavy atom. The molecule has 15 heavy (non-hydrogen) atoms. The van der Waals surface area contributed by atoms with Crippen LogP contribution in [-0.4, -0.2) is 30.3 Å². The van der Waals surface area contributed by atoms with E-state index in [4.69, 9.17) is 0 Å². The predicted octanol–water partition coefficient (Wildman–Crippen LogP) is 2.63. The molecule has 0 spiro atoms. The molecule has 3 heteroatoms. The Labute approximate surface area is 97.7 Å². The lowest BCUT2D eigenvalue weighted by atomic mass is 10.1. The van der Waals surface area contributed by atoms with E-state index in [1.807, 2.05) is 42.3 Å². The molecular weight excluding hydrogens is 210 g/mol. The Bertz CT molecular complexity index is 298. The summed E-state index contributed by atoms with van der Waals surface area (Å²) in [4.78, 5) is 13.8. The van der Waals surface area contributed by atoms with Crippen LogP contribution in [-0.2, 0) is 0 Å². The summed E-state index contributed by atoms with van der Waals surface area (Å²) in [5, 5.41) is 0. The van der Waals surface area contributed by atoms with Crippen LogP contribution in [0.5, 0.6) is 0 Å². The lowest BCUT2D eigenvalue weighted by Crippen LogP contribution is -2.31. The fourth-order valence-electron chi connectivity index (χ4n) is 1.12. The van der Waals surface area contributed by atoms with Gasteiger partial charge in [-0.1, -0.05) is 30.3 Å². The van der Waals surface area contributed by atoms with Crippen molar-refractivity contribution in [2.24, 2.45) is 0 Å². The van der Waals surface area contributed by atoms with E-state index in [1.54, 1.807) is 0 Å². The van der Waals surface area contributed by atoms with Crippen LogP contribution in [0.2, 0.25) is 0 Å². The zero-order valence-electron chi connectivity index (χ0n) is 9.43. The van der Waals surface area contributed by atoms with Crippen molar-refractivity contribution in [1.82, 2.24) is 4.90 Å². The highest BCUT2D eigenvalue weighted by Gasteiger charge is 2.10. The second-order valence-electron chi connectivity index (χ2n) is 3.80. The number of likely N-dealkylation sites (N-methyl/N-ethyl adjacent to an activating group) is 1. The number of carbonyl (C=O) groups excluding carboxylic acids is 1. The van der Waals surface area contributed by atoms with Crippen molar-refractivity contribution in [3.8, 4) is 0 Å². The first-order chi connectivity index (χ1) is 6.61. The third-order valence-corrected chi connectivity index (χ3v) is 2.37. The summed E-state index contributed by atoms with van der Waals surface area (Å²) in [6, 6.07) is 9.82. The highest BCUT2D eigenvalue weighted by atomic mass is 35.5. The molecule has 1 aromatic rings.